The molecule has 43 heavy (non-hydrogen) atoms. The van der Waals surface area contributed by atoms with E-state index >= 15 is 0 Å². The van der Waals surface area contributed by atoms with Gasteiger partial charge in [0, 0.05) is 29.2 Å². The van der Waals surface area contributed by atoms with E-state index < -0.39 is 39.3 Å². The molecule has 3 aromatic rings. The lowest BCUT2D eigenvalue weighted by molar-refractivity contribution is -0.385. The molecule has 3 rings (SSSR count). The Hall–Kier alpha value is -4.16. The highest BCUT2D eigenvalue weighted by Crippen LogP contribution is 2.30. The number of benzene rings is 3. The van der Waals surface area contributed by atoms with Crippen molar-refractivity contribution in [2.45, 2.75) is 57.6 Å². The number of aryl methyl sites for hydroxylation is 1. The zero-order chi connectivity index (χ0) is 31.9. The number of carbonyl (C=O) groups is 2. The maximum Gasteiger partial charge on any atom is 0.273 e. The maximum atomic E-state index is 14.1. The van der Waals surface area contributed by atoms with Crippen molar-refractivity contribution in [2.75, 3.05) is 18.0 Å². The van der Waals surface area contributed by atoms with Gasteiger partial charge in [-0.2, -0.15) is 0 Å². The summed E-state index contributed by atoms with van der Waals surface area (Å²) >= 11 is 6.41. The van der Waals surface area contributed by atoms with Gasteiger partial charge in [-0.15, -0.1) is 0 Å². The van der Waals surface area contributed by atoms with Crippen LogP contribution in [0.15, 0.2) is 71.6 Å². The molecular formula is C30H35ClN4O7S. The largest absolute Gasteiger partial charge is 0.497 e. The molecule has 0 unspecified atom stereocenters. The number of amides is 2. The first-order chi connectivity index (χ1) is 20.3. The number of halogens is 1. The highest BCUT2D eigenvalue weighted by Gasteiger charge is 2.34. The van der Waals surface area contributed by atoms with Crippen LogP contribution < -0.4 is 14.4 Å². The molecule has 0 aliphatic carbocycles. The van der Waals surface area contributed by atoms with Crippen LogP contribution in [0.1, 0.15) is 38.3 Å². The first-order valence-corrected chi connectivity index (χ1v) is 15.4. The minimum absolute atomic E-state index is 0.0605. The number of rotatable bonds is 13. The molecule has 0 bridgehead atoms. The van der Waals surface area contributed by atoms with E-state index in [1.807, 2.05) is 0 Å². The van der Waals surface area contributed by atoms with Gasteiger partial charge in [-0.1, -0.05) is 42.8 Å². The number of methoxy groups -OCH3 is 1. The number of hydrogen-bond acceptors (Lipinski definition) is 7. The molecule has 0 aliphatic rings. The number of ether oxygens (including phenoxy) is 1. The number of nitro groups is 1. The molecular weight excluding hydrogens is 596 g/mol. The molecule has 0 radical (unpaired) electrons. The van der Waals surface area contributed by atoms with Gasteiger partial charge in [0.05, 0.1) is 22.6 Å². The van der Waals surface area contributed by atoms with E-state index in [2.05, 4.69) is 5.32 Å². The highest BCUT2D eigenvalue weighted by atomic mass is 35.5. The van der Waals surface area contributed by atoms with Crippen molar-refractivity contribution in [3.05, 3.63) is 93.0 Å². The first kappa shape index (κ1) is 33.3. The third-order valence-corrected chi connectivity index (χ3v) is 8.86. The van der Waals surface area contributed by atoms with E-state index in [1.54, 1.807) is 45.0 Å². The molecule has 0 aromatic heterocycles. The molecule has 0 heterocycles. The normalized spacial score (nSPS) is 12.0. The monoisotopic (exact) mass is 630 g/mol. The lowest BCUT2D eigenvalue weighted by Gasteiger charge is -2.33. The fraction of sp³-hybridized carbons (Fsp3) is 0.333. The summed E-state index contributed by atoms with van der Waals surface area (Å²) in [5.74, 6) is -0.618. The van der Waals surface area contributed by atoms with Gasteiger partial charge in [-0.25, -0.2) is 8.42 Å². The van der Waals surface area contributed by atoms with Crippen molar-refractivity contribution >= 4 is 44.8 Å². The van der Waals surface area contributed by atoms with Crippen molar-refractivity contribution in [3.63, 3.8) is 0 Å². The summed E-state index contributed by atoms with van der Waals surface area (Å²) in [4.78, 5) is 39.2. The quantitative estimate of drug-likeness (QED) is 0.205. The molecule has 1 N–H and O–H groups in total. The van der Waals surface area contributed by atoms with Crippen LogP contribution in [0.3, 0.4) is 0 Å². The van der Waals surface area contributed by atoms with Crippen molar-refractivity contribution in [3.8, 4) is 5.75 Å². The SMILES string of the molecule is CC[C@@H](C(=O)NC(C)C)N(Cc1ccccc1Cl)C(=O)CN(c1ccc(OC)cc1)S(=O)(=O)c1ccc(C)c([N+](=O)[O-])c1. The molecule has 0 saturated heterocycles. The molecule has 1 atom stereocenters. The fourth-order valence-electron chi connectivity index (χ4n) is 4.46. The highest BCUT2D eigenvalue weighted by molar-refractivity contribution is 7.92. The molecule has 13 heteroatoms. The number of hydrogen-bond donors (Lipinski definition) is 1. The van der Waals surface area contributed by atoms with Gasteiger partial charge in [0.2, 0.25) is 11.8 Å². The number of nitrogens with zero attached hydrogens (tertiary/aromatic N) is 3. The van der Waals surface area contributed by atoms with E-state index in [0.717, 1.165) is 10.4 Å². The smallest absolute Gasteiger partial charge is 0.273 e. The second kappa shape index (κ2) is 14.3. The fourth-order valence-corrected chi connectivity index (χ4v) is 6.09. The van der Waals surface area contributed by atoms with Gasteiger partial charge in [0.1, 0.15) is 18.3 Å². The Morgan fingerprint density at radius 3 is 2.28 bits per heavy atom. The molecule has 11 nitrogen and oxygen atoms in total. The number of sulfonamides is 1. The Bertz CT molecular complexity index is 1580. The van der Waals surface area contributed by atoms with Crippen LogP contribution in [0.4, 0.5) is 11.4 Å². The third-order valence-electron chi connectivity index (χ3n) is 6.72. The molecule has 0 aliphatic heterocycles. The topological polar surface area (TPSA) is 139 Å². The average molecular weight is 631 g/mol. The summed E-state index contributed by atoms with van der Waals surface area (Å²) in [6.45, 7) is 6.08. The predicted molar refractivity (Wildman–Crippen MR) is 165 cm³/mol. The van der Waals surface area contributed by atoms with Crippen LogP contribution in [0, 0.1) is 17.0 Å². The van der Waals surface area contributed by atoms with Crippen LogP contribution in [0.25, 0.3) is 0 Å². The second-order valence-electron chi connectivity index (χ2n) is 10.1. The summed E-state index contributed by atoms with van der Waals surface area (Å²) in [7, 11) is -3.06. The first-order valence-electron chi connectivity index (χ1n) is 13.5. The van der Waals surface area contributed by atoms with E-state index in [-0.39, 0.29) is 40.8 Å². The summed E-state index contributed by atoms with van der Waals surface area (Å²) in [6, 6.07) is 15.3. The Morgan fingerprint density at radius 2 is 1.72 bits per heavy atom. The molecule has 3 aromatic carbocycles. The lowest BCUT2D eigenvalue weighted by Crippen LogP contribution is -2.53. The molecule has 0 saturated carbocycles. The van der Waals surface area contributed by atoms with E-state index in [1.165, 1.54) is 55.3 Å². The Morgan fingerprint density at radius 1 is 1.07 bits per heavy atom. The lowest BCUT2D eigenvalue weighted by atomic mass is 10.1. The zero-order valence-corrected chi connectivity index (χ0v) is 26.2. The maximum absolute atomic E-state index is 14.1. The third kappa shape index (κ3) is 8.02. The summed E-state index contributed by atoms with van der Waals surface area (Å²) in [5.41, 5.74) is 0.596. The van der Waals surface area contributed by atoms with Gasteiger partial charge in [0.15, 0.2) is 0 Å². The van der Waals surface area contributed by atoms with Gasteiger partial charge < -0.3 is 15.0 Å². The summed E-state index contributed by atoms with van der Waals surface area (Å²) in [5, 5.41) is 14.8. The standard InChI is InChI=1S/C30H35ClN4O7S/c1-6-27(30(37)32-20(2)3)33(18-22-9-7-8-10-26(22)31)29(36)19-34(23-12-14-24(42-5)15-13-23)43(40,41)25-16-11-21(4)28(17-25)35(38)39/h7-17,20,27H,6,18-19H2,1-5H3,(H,32,37)/t27-/m0/s1. The van der Waals surface area contributed by atoms with Gasteiger partial charge in [0.25, 0.3) is 15.7 Å². The second-order valence-corrected chi connectivity index (χ2v) is 12.4. The van der Waals surface area contributed by atoms with Crippen molar-refractivity contribution in [1.29, 1.82) is 0 Å². The number of anilines is 1. The van der Waals surface area contributed by atoms with Crippen LogP contribution in [0.2, 0.25) is 5.02 Å². The number of carbonyl (C=O) groups excluding carboxylic acids is 2. The predicted octanol–water partition coefficient (Wildman–Crippen LogP) is 5.09. The van der Waals surface area contributed by atoms with Crippen LogP contribution in [0.5, 0.6) is 5.75 Å². The van der Waals surface area contributed by atoms with Crippen molar-refractivity contribution in [1.82, 2.24) is 10.2 Å². The zero-order valence-electron chi connectivity index (χ0n) is 24.6. The van der Waals surface area contributed by atoms with E-state index in [4.69, 9.17) is 16.3 Å². The molecule has 0 fully saturated rings. The van der Waals surface area contributed by atoms with E-state index in [9.17, 15) is 28.1 Å². The van der Waals surface area contributed by atoms with Gasteiger partial charge in [-0.3, -0.25) is 24.0 Å². The van der Waals surface area contributed by atoms with Crippen molar-refractivity contribution < 1.29 is 27.7 Å². The number of nitro benzene ring substituents is 1. The minimum atomic E-state index is -4.51. The van der Waals surface area contributed by atoms with Gasteiger partial charge in [-0.05, 0) is 69.2 Å². The molecule has 2 amide bonds. The molecule has 230 valence electrons. The van der Waals surface area contributed by atoms with E-state index in [0.29, 0.717) is 16.3 Å². The number of nitrogens with one attached hydrogen (secondary N) is 1. The van der Waals surface area contributed by atoms with Crippen LogP contribution >= 0.6 is 11.6 Å². The Kier molecular flexibility index (Phi) is 11.1. The molecule has 0 spiro atoms. The van der Waals surface area contributed by atoms with Crippen LogP contribution in [-0.4, -0.2) is 55.8 Å². The van der Waals surface area contributed by atoms with Gasteiger partial charge >= 0.3 is 0 Å². The Balaban J connectivity index is 2.13. The average Bonchev–Trinajstić information content (AvgIpc) is 2.96. The van der Waals surface area contributed by atoms with Crippen molar-refractivity contribution in [2.24, 2.45) is 0 Å². The summed E-state index contributed by atoms with van der Waals surface area (Å²) in [6.07, 6.45) is 0.244. The summed E-state index contributed by atoms with van der Waals surface area (Å²) < 4.78 is 34.2. The van der Waals surface area contributed by atoms with Crippen LogP contribution in [-0.2, 0) is 26.2 Å². The Labute approximate surface area is 256 Å². The minimum Gasteiger partial charge on any atom is -0.497 e.